The lowest BCUT2D eigenvalue weighted by Gasteiger charge is -2.27. The molecular weight excluding hydrogens is 639 g/mol. The quantitative estimate of drug-likeness (QED) is 0.155. The van der Waals surface area contributed by atoms with Crippen LogP contribution in [0.4, 0.5) is 17.1 Å². The van der Waals surface area contributed by atoms with Gasteiger partial charge < -0.3 is 4.90 Å². The van der Waals surface area contributed by atoms with Gasteiger partial charge in [0.1, 0.15) is 0 Å². The molecule has 9 rings (SSSR count). The maximum absolute atomic E-state index is 2.38. The van der Waals surface area contributed by atoms with Crippen molar-refractivity contribution in [1.29, 1.82) is 0 Å². The van der Waals surface area contributed by atoms with Gasteiger partial charge in [0.05, 0.1) is 0 Å². The van der Waals surface area contributed by atoms with Gasteiger partial charge in [0.2, 0.25) is 0 Å². The highest BCUT2D eigenvalue weighted by Crippen LogP contribution is 2.41. The summed E-state index contributed by atoms with van der Waals surface area (Å²) in [6.45, 7) is 0. The van der Waals surface area contributed by atoms with Gasteiger partial charge in [-0.15, -0.1) is 0 Å². The topological polar surface area (TPSA) is 3.24 Å². The second kappa shape index (κ2) is 14.3. The third-order valence-corrected chi connectivity index (χ3v) is 10.0. The normalized spacial score (nSPS) is 11.0. The van der Waals surface area contributed by atoms with Gasteiger partial charge in [-0.3, -0.25) is 0 Å². The molecule has 1 heteroatoms. The molecule has 0 aliphatic heterocycles. The Kier molecular flexibility index (Phi) is 8.66. The number of rotatable bonds is 8. The van der Waals surface area contributed by atoms with Crippen molar-refractivity contribution < 1.29 is 0 Å². The van der Waals surface area contributed by atoms with Crippen molar-refractivity contribution in [3.05, 3.63) is 224 Å². The Morgan fingerprint density at radius 1 is 0.208 bits per heavy atom. The largest absolute Gasteiger partial charge is 0.310 e. The second-order valence-electron chi connectivity index (χ2n) is 13.4. The van der Waals surface area contributed by atoms with Crippen LogP contribution in [-0.2, 0) is 0 Å². The van der Waals surface area contributed by atoms with Gasteiger partial charge in [0.25, 0.3) is 0 Å². The summed E-state index contributed by atoms with van der Waals surface area (Å²) in [5.41, 5.74) is 15.3. The van der Waals surface area contributed by atoms with Gasteiger partial charge in [-0.05, 0) is 115 Å². The SMILES string of the molecule is c1ccc(-c2cccc(-c3ccc(N(c4cccc(-c5ccc6ccccc6c5)c4)c4cccc(-c5ccccc5-c5ccccc5)c4)cc3)c2)cc1. The van der Waals surface area contributed by atoms with Crippen molar-refractivity contribution >= 4 is 27.8 Å². The maximum Gasteiger partial charge on any atom is 0.0467 e. The molecule has 0 bridgehead atoms. The summed E-state index contributed by atoms with van der Waals surface area (Å²) in [6, 6.07) is 80.8. The molecule has 0 amide bonds. The van der Waals surface area contributed by atoms with Gasteiger partial charge in [-0.2, -0.15) is 0 Å². The first kappa shape index (κ1) is 32.0. The summed E-state index contributed by atoms with van der Waals surface area (Å²) in [4.78, 5) is 2.38. The Hall–Kier alpha value is -6.96. The molecular formula is C52H37N. The molecule has 0 atom stereocenters. The smallest absolute Gasteiger partial charge is 0.0467 e. The summed E-state index contributed by atoms with van der Waals surface area (Å²) >= 11 is 0. The van der Waals surface area contributed by atoms with Crippen molar-refractivity contribution in [1.82, 2.24) is 0 Å². The van der Waals surface area contributed by atoms with Crippen LogP contribution in [0.25, 0.3) is 66.4 Å². The fourth-order valence-electron chi connectivity index (χ4n) is 7.37. The molecule has 0 heterocycles. The zero-order valence-electron chi connectivity index (χ0n) is 29.3. The molecule has 250 valence electrons. The van der Waals surface area contributed by atoms with Crippen LogP contribution in [-0.4, -0.2) is 0 Å². The monoisotopic (exact) mass is 675 g/mol. The lowest BCUT2D eigenvalue weighted by atomic mass is 9.94. The number of fused-ring (bicyclic) bond motifs is 1. The third-order valence-electron chi connectivity index (χ3n) is 10.0. The molecule has 0 saturated heterocycles. The first-order valence-electron chi connectivity index (χ1n) is 18.2. The highest BCUT2D eigenvalue weighted by atomic mass is 15.1. The molecule has 0 unspecified atom stereocenters. The van der Waals surface area contributed by atoms with E-state index in [4.69, 9.17) is 0 Å². The average Bonchev–Trinajstić information content (AvgIpc) is 3.25. The molecule has 0 aliphatic carbocycles. The van der Waals surface area contributed by atoms with E-state index in [1.54, 1.807) is 0 Å². The van der Waals surface area contributed by atoms with E-state index in [0.29, 0.717) is 0 Å². The highest BCUT2D eigenvalue weighted by Gasteiger charge is 2.16. The van der Waals surface area contributed by atoms with Crippen LogP contribution in [0.1, 0.15) is 0 Å². The van der Waals surface area contributed by atoms with Crippen LogP contribution in [0.15, 0.2) is 224 Å². The average molecular weight is 676 g/mol. The minimum Gasteiger partial charge on any atom is -0.310 e. The van der Waals surface area contributed by atoms with Crippen LogP contribution in [0.2, 0.25) is 0 Å². The molecule has 0 aromatic heterocycles. The van der Waals surface area contributed by atoms with Gasteiger partial charge >= 0.3 is 0 Å². The van der Waals surface area contributed by atoms with E-state index in [9.17, 15) is 0 Å². The van der Waals surface area contributed by atoms with E-state index in [0.717, 1.165) is 17.1 Å². The summed E-state index contributed by atoms with van der Waals surface area (Å²) in [6.07, 6.45) is 0. The minimum atomic E-state index is 1.09. The molecule has 0 fully saturated rings. The number of nitrogens with zero attached hydrogens (tertiary/aromatic N) is 1. The van der Waals surface area contributed by atoms with E-state index >= 15 is 0 Å². The zero-order valence-corrected chi connectivity index (χ0v) is 29.3. The van der Waals surface area contributed by atoms with Crippen LogP contribution in [0.5, 0.6) is 0 Å². The molecule has 0 spiro atoms. The molecule has 0 N–H and O–H groups in total. The van der Waals surface area contributed by atoms with E-state index in [-0.39, 0.29) is 0 Å². The summed E-state index contributed by atoms with van der Waals surface area (Å²) in [5.74, 6) is 0. The van der Waals surface area contributed by atoms with E-state index < -0.39 is 0 Å². The van der Waals surface area contributed by atoms with Gasteiger partial charge in [0.15, 0.2) is 0 Å². The molecule has 1 nitrogen and oxygen atoms in total. The van der Waals surface area contributed by atoms with Gasteiger partial charge in [0, 0.05) is 17.1 Å². The first-order valence-corrected chi connectivity index (χ1v) is 18.2. The number of anilines is 3. The fraction of sp³-hybridized carbons (Fsp3) is 0. The van der Waals surface area contributed by atoms with E-state index in [1.165, 1.54) is 66.4 Å². The Morgan fingerprint density at radius 2 is 0.642 bits per heavy atom. The van der Waals surface area contributed by atoms with Gasteiger partial charge in [-0.25, -0.2) is 0 Å². The Labute approximate surface area is 311 Å². The van der Waals surface area contributed by atoms with Crippen LogP contribution in [0, 0.1) is 0 Å². The van der Waals surface area contributed by atoms with Crippen molar-refractivity contribution in [2.24, 2.45) is 0 Å². The number of hydrogen-bond donors (Lipinski definition) is 0. The fourth-order valence-corrected chi connectivity index (χ4v) is 7.37. The predicted molar refractivity (Wildman–Crippen MR) is 226 cm³/mol. The first-order chi connectivity index (χ1) is 26.3. The van der Waals surface area contributed by atoms with Crippen molar-refractivity contribution in [2.75, 3.05) is 4.90 Å². The Bertz CT molecular complexity index is 2660. The summed E-state index contributed by atoms with van der Waals surface area (Å²) < 4.78 is 0. The predicted octanol–water partition coefficient (Wildman–Crippen LogP) is 14.6. The zero-order chi connectivity index (χ0) is 35.4. The Balaban J connectivity index is 1.15. The standard InChI is InChI=1S/C52H37N/c1-3-14-38(15-4-1)43-20-11-21-44(34-43)40-30-32-48(33-31-40)53(49-24-12-22-45(36-49)46-29-28-39-16-7-8-19-42(39)35-46)50-25-13-23-47(37-50)52-27-10-9-26-51(52)41-17-5-2-6-18-41/h1-37H. The molecule has 0 radical (unpaired) electrons. The lowest BCUT2D eigenvalue weighted by molar-refractivity contribution is 1.28. The van der Waals surface area contributed by atoms with Gasteiger partial charge in [-0.1, -0.05) is 176 Å². The minimum absolute atomic E-state index is 1.09. The molecule has 53 heavy (non-hydrogen) atoms. The third kappa shape index (κ3) is 6.65. The summed E-state index contributed by atoms with van der Waals surface area (Å²) in [5, 5.41) is 2.49. The van der Waals surface area contributed by atoms with Crippen molar-refractivity contribution in [3.8, 4) is 55.6 Å². The van der Waals surface area contributed by atoms with Crippen LogP contribution in [0.3, 0.4) is 0 Å². The molecule has 0 aliphatic rings. The molecule has 9 aromatic carbocycles. The number of benzene rings is 9. The number of hydrogen-bond acceptors (Lipinski definition) is 1. The van der Waals surface area contributed by atoms with E-state index in [2.05, 4.69) is 229 Å². The summed E-state index contributed by atoms with van der Waals surface area (Å²) in [7, 11) is 0. The van der Waals surface area contributed by atoms with Crippen molar-refractivity contribution in [2.45, 2.75) is 0 Å². The highest BCUT2D eigenvalue weighted by molar-refractivity contribution is 5.90. The molecule has 0 saturated carbocycles. The van der Waals surface area contributed by atoms with Crippen LogP contribution < -0.4 is 4.90 Å². The second-order valence-corrected chi connectivity index (χ2v) is 13.4. The molecule has 9 aromatic rings. The van der Waals surface area contributed by atoms with Crippen molar-refractivity contribution in [3.63, 3.8) is 0 Å². The van der Waals surface area contributed by atoms with Crippen LogP contribution >= 0.6 is 0 Å². The Morgan fingerprint density at radius 3 is 1.32 bits per heavy atom. The van der Waals surface area contributed by atoms with E-state index in [1.807, 2.05) is 0 Å². The maximum atomic E-state index is 2.38. The lowest BCUT2D eigenvalue weighted by Crippen LogP contribution is -2.10.